The summed E-state index contributed by atoms with van der Waals surface area (Å²) in [5.41, 5.74) is 4.57. The van der Waals surface area contributed by atoms with E-state index >= 15 is 0 Å². The van der Waals surface area contributed by atoms with Crippen molar-refractivity contribution in [3.63, 3.8) is 0 Å². The number of hydrogen-bond donors (Lipinski definition) is 4. The molecule has 0 saturated carbocycles. The number of para-hydroxylation sites is 1. The molecule has 6 heteroatoms. The van der Waals surface area contributed by atoms with Crippen LogP contribution in [0, 0.1) is 0 Å². The van der Waals surface area contributed by atoms with Gasteiger partial charge in [-0.05, 0) is 24.3 Å². The van der Waals surface area contributed by atoms with Crippen molar-refractivity contribution in [1.82, 2.24) is 20.5 Å². The summed E-state index contributed by atoms with van der Waals surface area (Å²) < 4.78 is 0. The molecular weight excluding hydrogens is 350 g/mol. The number of rotatable bonds is 5. The molecule has 28 heavy (non-hydrogen) atoms. The molecule has 1 amide bonds. The van der Waals surface area contributed by atoms with Gasteiger partial charge in [0.05, 0.1) is 17.2 Å². The molecule has 5 rings (SSSR count). The molecule has 138 valence electrons. The monoisotopic (exact) mass is 369 g/mol. The van der Waals surface area contributed by atoms with E-state index in [1.54, 1.807) is 6.20 Å². The third kappa shape index (κ3) is 2.75. The maximum Gasteiger partial charge on any atom is 0.252 e. The van der Waals surface area contributed by atoms with Gasteiger partial charge in [0.15, 0.2) is 0 Å². The van der Waals surface area contributed by atoms with Crippen LogP contribution < -0.4 is 10.6 Å². The molecule has 0 aliphatic carbocycles. The van der Waals surface area contributed by atoms with Gasteiger partial charge in [0.25, 0.3) is 5.91 Å². The van der Waals surface area contributed by atoms with Crippen molar-refractivity contribution < 1.29 is 4.79 Å². The number of aromatic amines is 2. The van der Waals surface area contributed by atoms with Gasteiger partial charge in [-0.15, -0.1) is 0 Å². The number of nitrogens with zero attached hydrogens (tertiary/aromatic N) is 1. The van der Waals surface area contributed by atoms with E-state index in [0.717, 1.165) is 38.4 Å². The van der Waals surface area contributed by atoms with E-state index in [9.17, 15) is 4.79 Å². The minimum absolute atomic E-state index is 0.0777. The number of nitrogens with one attached hydrogen (secondary N) is 4. The Hall–Kier alpha value is -3.80. The second kappa shape index (κ2) is 6.74. The molecule has 0 aliphatic rings. The lowest BCUT2D eigenvalue weighted by molar-refractivity contribution is 0.0957. The number of amides is 1. The minimum Gasteiger partial charge on any atom is -0.383 e. The lowest BCUT2D eigenvalue weighted by atomic mass is 10.0. The van der Waals surface area contributed by atoms with E-state index in [2.05, 4.69) is 25.8 Å². The highest BCUT2D eigenvalue weighted by molar-refractivity contribution is 6.21. The average Bonchev–Trinajstić information content (AvgIpc) is 3.35. The van der Waals surface area contributed by atoms with Crippen LogP contribution in [-0.4, -0.2) is 34.2 Å². The van der Waals surface area contributed by atoms with E-state index < -0.39 is 0 Å². The molecule has 3 aromatic carbocycles. The molecule has 4 N–H and O–H groups in total. The lowest BCUT2D eigenvalue weighted by Crippen LogP contribution is -2.28. The van der Waals surface area contributed by atoms with Crippen LogP contribution in [0.3, 0.4) is 0 Å². The van der Waals surface area contributed by atoms with Crippen molar-refractivity contribution in [2.24, 2.45) is 0 Å². The number of carbonyl (C=O) groups is 1. The fourth-order valence-corrected chi connectivity index (χ4v) is 3.66. The molecule has 0 atom stereocenters. The molecule has 0 fully saturated rings. The number of aromatic nitrogens is 3. The SMILES string of the molecule is O=C(NCCNc1ccccc1)c1cccc2[nH]c3c(ccc4cn[nH]c43)c12. The van der Waals surface area contributed by atoms with Crippen LogP contribution in [0.5, 0.6) is 0 Å². The van der Waals surface area contributed by atoms with Crippen LogP contribution in [0.15, 0.2) is 66.9 Å². The highest BCUT2D eigenvalue weighted by atomic mass is 16.1. The maximum atomic E-state index is 12.9. The molecule has 0 spiro atoms. The second-order valence-electron chi connectivity index (χ2n) is 6.72. The first-order chi connectivity index (χ1) is 13.8. The quantitative estimate of drug-likeness (QED) is 0.353. The fourth-order valence-electron chi connectivity index (χ4n) is 3.66. The number of hydrogen-bond acceptors (Lipinski definition) is 3. The van der Waals surface area contributed by atoms with Gasteiger partial charge in [0.2, 0.25) is 0 Å². The summed E-state index contributed by atoms with van der Waals surface area (Å²) in [6.07, 6.45) is 1.80. The first-order valence-electron chi connectivity index (χ1n) is 9.25. The van der Waals surface area contributed by atoms with Crippen molar-refractivity contribution in [2.75, 3.05) is 18.4 Å². The van der Waals surface area contributed by atoms with E-state index in [0.29, 0.717) is 18.7 Å². The Kier molecular flexibility index (Phi) is 3.94. The second-order valence-corrected chi connectivity index (χ2v) is 6.72. The number of fused-ring (bicyclic) bond motifs is 5. The van der Waals surface area contributed by atoms with Gasteiger partial charge in [-0.2, -0.15) is 5.10 Å². The van der Waals surface area contributed by atoms with Gasteiger partial charge in [-0.25, -0.2) is 0 Å². The van der Waals surface area contributed by atoms with Crippen LogP contribution in [-0.2, 0) is 0 Å². The summed E-state index contributed by atoms with van der Waals surface area (Å²) in [5.74, 6) is -0.0777. The van der Waals surface area contributed by atoms with Crippen LogP contribution in [0.1, 0.15) is 10.4 Å². The Labute approximate surface area is 160 Å². The van der Waals surface area contributed by atoms with Gasteiger partial charge in [-0.3, -0.25) is 9.89 Å². The maximum absolute atomic E-state index is 12.9. The van der Waals surface area contributed by atoms with Gasteiger partial charge >= 0.3 is 0 Å². The molecule has 5 aromatic rings. The third-order valence-electron chi connectivity index (χ3n) is 4.97. The number of benzene rings is 3. The number of anilines is 1. The van der Waals surface area contributed by atoms with Crippen molar-refractivity contribution in [3.8, 4) is 0 Å². The molecule has 2 aromatic heterocycles. The van der Waals surface area contributed by atoms with Crippen LogP contribution in [0.4, 0.5) is 5.69 Å². The van der Waals surface area contributed by atoms with Crippen LogP contribution in [0.25, 0.3) is 32.7 Å². The summed E-state index contributed by atoms with van der Waals surface area (Å²) in [5, 5.41) is 16.5. The van der Waals surface area contributed by atoms with Gasteiger partial charge < -0.3 is 15.6 Å². The number of carbonyl (C=O) groups excluding carboxylic acids is 1. The Morgan fingerprint density at radius 3 is 2.71 bits per heavy atom. The number of H-pyrrole nitrogens is 2. The fraction of sp³-hybridized carbons (Fsp3) is 0.0909. The minimum atomic E-state index is -0.0777. The summed E-state index contributed by atoms with van der Waals surface area (Å²) in [6, 6.07) is 19.8. The molecule has 0 unspecified atom stereocenters. The summed E-state index contributed by atoms with van der Waals surface area (Å²) in [7, 11) is 0. The van der Waals surface area contributed by atoms with E-state index in [1.807, 2.05) is 60.7 Å². The molecule has 2 heterocycles. The van der Waals surface area contributed by atoms with Crippen molar-refractivity contribution in [3.05, 3.63) is 72.4 Å². The molecule has 0 radical (unpaired) electrons. The van der Waals surface area contributed by atoms with Crippen LogP contribution in [0.2, 0.25) is 0 Å². The van der Waals surface area contributed by atoms with Crippen molar-refractivity contribution in [2.45, 2.75) is 0 Å². The summed E-state index contributed by atoms with van der Waals surface area (Å²) >= 11 is 0. The smallest absolute Gasteiger partial charge is 0.252 e. The molecule has 6 nitrogen and oxygen atoms in total. The highest BCUT2D eigenvalue weighted by Gasteiger charge is 2.15. The van der Waals surface area contributed by atoms with E-state index in [1.165, 1.54) is 0 Å². The van der Waals surface area contributed by atoms with Gasteiger partial charge in [0, 0.05) is 46.0 Å². The highest BCUT2D eigenvalue weighted by Crippen LogP contribution is 2.32. The Balaban J connectivity index is 1.41. The van der Waals surface area contributed by atoms with Gasteiger partial charge in [0.1, 0.15) is 0 Å². The van der Waals surface area contributed by atoms with E-state index in [-0.39, 0.29) is 5.91 Å². The topological polar surface area (TPSA) is 85.6 Å². The zero-order chi connectivity index (χ0) is 18.9. The third-order valence-corrected chi connectivity index (χ3v) is 4.97. The largest absolute Gasteiger partial charge is 0.383 e. The molecule has 0 aliphatic heterocycles. The molecular formula is C22H19N5O. The zero-order valence-corrected chi connectivity index (χ0v) is 15.1. The average molecular weight is 369 g/mol. The molecule has 0 saturated heterocycles. The summed E-state index contributed by atoms with van der Waals surface area (Å²) in [6.45, 7) is 1.20. The van der Waals surface area contributed by atoms with Crippen molar-refractivity contribution in [1.29, 1.82) is 0 Å². The van der Waals surface area contributed by atoms with Crippen molar-refractivity contribution >= 4 is 44.3 Å². The summed E-state index contributed by atoms with van der Waals surface area (Å²) in [4.78, 5) is 16.3. The van der Waals surface area contributed by atoms with Gasteiger partial charge in [-0.1, -0.05) is 36.4 Å². The van der Waals surface area contributed by atoms with E-state index in [4.69, 9.17) is 0 Å². The Morgan fingerprint density at radius 1 is 0.929 bits per heavy atom. The molecule has 0 bridgehead atoms. The normalized spacial score (nSPS) is 11.3. The Bertz CT molecular complexity index is 1290. The van der Waals surface area contributed by atoms with Crippen LogP contribution >= 0.6 is 0 Å². The Morgan fingerprint density at radius 2 is 1.82 bits per heavy atom. The first-order valence-corrected chi connectivity index (χ1v) is 9.25. The predicted octanol–water partition coefficient (Wildman–Crippen LogP) is 4.04. The first kappa shape index (κ1) is 16.4. The lowest BCUT2D eigenvalue weighted by Gasteiger charge is -2.09. The zero-order valence-electron chi connectivity index (χ0n) is 15.1. The standard InChI is InChI=1S/C22H19N5O/c28-22(24-12-11-23-15-5-2-1-3-6-15)17-7-4-8-18-19(17)16-10-9-14-13-25-27-20(14)21(16)26-18/h1-10,13,23,26H,11-12H2,(H,24,28)(H,25,27). The predicted molar refractivity (Wildman–Crippen MR) is 113 cm³/mol.